The van der Waals surface area contributed by atoms with E-state index in [0.717, 1.165) is 39.1 Å². The molecule has 8 heteroatoms. The fourth-order valence-corrected chi connectivity index (χ4v) is 3.99. The Balaban J connectivity index is 0.00000169. The van der Waals surface area contributed by atoms with Crippen LogP contribution in [0, 0.1) is 0 Å². The van der Waals surface area contributed by atoms with Crippen LogP contribution in [0.25, 0.3) is 0 Å². The number of hydrogen-bond donors (Lipinski definition) is 2. The number of benzene rings is 1. The van der Waals surface area contributed by atoms with Crippen molar-refractivity contribution in [3.8, 4) is 5.75 Å². The number of ether oxygens (including phenoxy) is 2. The van der Waals surface area contributed by atoms with Gasteiger partial charge < -0.3 is 20.5 Å². The Labute approximate surface area is 167 Å². The lowest BCUT2D eigenvalue weighted by molar-refractivity contribution is -0.120. The normalized spacial score (nSPS) is 19.1. The lowest BCUT2D eigenvalue weighted by Crippen LogP contribution is -2.53. The van der Waals surface area contributed by atoms with Crippen LogP contribution in [0.5, 0.6) is 5.75 Å². The molecule has 0 spiro atoms. The molecule has 2 aliphatic rings. The van der Waals surface area contributed by atoms with Crippen molar-refractivity contribution in [1.29, 1.82) is 0 Å². The first-order valence-corrected chi connectivity index (χ1v) is 8.69. The average Bonchev–Trinajstić information content (AvgIpc) is 3.05. The van der Waals surface area contributed by atoms with Crippen LogP contribution in [0.4, 0.5) is 11.4 Å². The van der Waals surface area contributed by atoms with Crippen LogP contribution in [0.15, 0.2) is 18.2 Å². The van der Waals surface area contributed by atoms with Crippen molar-refractivity contribution in [3.05, 3.63) is 18.2 Å². The van der Waals surface area contributed by atoms with Gasteiger partial charge in [0.05, 0.1) is 26.0 Å². The summed E-state index contributed by atoms with van der Waals surface area (Å²) >= 11 is 0. The Kier molecular flexibility index (Phi) is 8.96. The van der Waals surface area contributed by atoms with E-state index in [1.54, 1.807) is 19.2 Å². The van der Waals surface area contributed by atoms with Crippen LogP contribution in [-0.2, 0) is 9.53 Å². The van der Waals surface area contributed by atoms with E-state index < -0.39 is 0 Å². The van der Waals surface area contributed by atoms with Crippen molar-refractivity contribution in [2.45, 2.75) is 37.6 Å². The third-order valence-electron chi connectivity index (χ3n) is 5.22. The average molecular weight is 406 g/mol. The maximum Gasteiger partial charge on any atom is 0.226 e. The van der Waals surface area contributed by atoms with Crippen molar-refractivity contribution < 1.29 is 14.3 Å². The van der Waals surface area contributed by atoms with Gasteiger partial charge in [-0.1, -0.05) is 12.8 Å². The highest BCUT2D eigenvalue weighted by Gasteiger charge is 2.41. The van der Waals surface area contributed by atoms with Gasteiger partial charge in [0.25, 0.3) is 0 Å². The number of morpholine rings is 1. The van der Waals surface area contributed by atoms with Gasteiger partial charge in [0.15, 0.2) is 0 Å². The number of hydrogen-bond acceptors (Lipinski definition) is 5. The summed E-state index contributed by atoms with van der Waals surface area (Å²) in [7, 11) is 1.58. The molecule has 0 atom stereocenters. The Morgan fingerprint density at radius 3 is 2.50 bits per heavy atom. The zero-order valence-corrected chi connectivity index (χ0v) is 16.8. The summed E-state index contributed by atoms with van der Waals surface area (Å²) in [6.45, 7) is 3.36. The lowest BCUT2D eigenvalue weighted by Gasteiger charge is -2.43. The molecule has 1 heterocycles. The third-order valence-corrected chi connectivity index (χ3v) is 5.22. The second-order valence-electron chi connectivity index (χ2n) is 6.71. The van der Waals surface area contributed by atoms with E-state index in [1.165, 1.54) is 12.8 Å². The fourth-order valence-electron chi connectivity index (χ4n) is 3.99. The molecule has 1 aliphatic heterocycles. The second kappa shape index (κ2) is 10.2. The van der Waals surface area contributed by atoms with Crippen LogP contribution >= 0.6 is 24.8 Å². The molecule has 1 amide bonds. The standard InChI is InChI=1S/C18H27N3O3.2ClH/c1-23-16-5-4-14(12-15(16)19)20-17(22)13-18(6-2-3-7-18)21-8-10-24-11-9-21;;/h4-5,12H,2-3,6-11,13,19H2,1H3,(H,20,22);2*1H. The first kappa shape index (κ1) is 22.8. The number of nitrogens with zero attached hydrogens (tertiary/aromatic N) is 1. The third kappa shape index (κ3) is 5.16. The maximum absolute atomic E-state index is 12.6. The van der Waals surface area contributed by atoms with Crippen LogP contribution in [0.2, 0.25) is 0 Å². The summed E-state index contributed by atoms with van der Waals surface area (Å²) in [6, 6.07) is 5.34. The summed E-state index contributed by atoms with van der Waals surface area (Å²) in [6.07, 6.45) is 5.09. The number of nitrogens with one attached hydrogen (secondary N) is 1. The number of nitrogens with two attached hydrogens (primary N) is 1. The van der Waals surface area contributed by atoms with Crippen LogP contribution in [0.1, 0.15) is 32.1 Å². The van der Waals surface area contributed by atoms with Crippen LogP contribution in [0.3, 0.4) is 0 Å². The molecule has 1 aliphatic carbocycles. The molecule has 0 aromatic heterocycles. The largest absolute Gasteiger partial charge is 0.495 e. The van der Waals surface area contributed by atoms with Crippen LogP contribution in [-0.4, -0.2) is 49.8 Å². The molecule has 6 nitrogen and oxygen atoms in total. The molecule has 3 N–H and O–H groups in total. The smallest absolute Gasteiger partial charge is 0.226 e. The maximum atomic E-state index is 12.6. The molecule has 148 valence electrons. The Morgan fingerprint density at radius 1 is 1.27 bits per heavy atom. The van der Waals surface area contributed by atoms with E-state index in [4.69, 9.17) is 15.2 Å². The van der Waals surface area contributed by atoms with Crippen molar-refractivity contribution in [1.82, 2.24) is 4.90 Å². The van der Waals surface area contributed by atoms with Crippen LogP contribution < -0.4 is 15.8 Å². The van der Waals surface area contributed by atoms with Gasteiger partial charge in [-0.05, 0) is 31.0 Å². The van der Waals surface area contributed by atoms with E-state index in [0.29, 0.717) is 23.5 Å². The number of nitrogen functional groups attached to an aromatic ring is 1. The predicted octanol–water partition coefficient (Wildman–Crippen LogP) is 3.09. The van der Waals surface area contributed by atoms with Crippen molar-refractivity contribution in [2.24, 2.45) is 0 Å². The molecular weight excluding hydrogens is 377 g/mol. The van der Waals surface area contributed by atoms with Crippen molar-refractivity contribution >= 4 is 42.1 Å². The highest BCUT2D eigenvalue weighted by Crippen LogP contribution is 2.39. The minimum absolute atomic E-state index is 0. The fraction of sp³-hybridized carbons (Fsp3) is 0.611. The Hall–Kier alpha value is -1.21. The van der Waals surface area contributed by atoms with Gasteiger partial charge in [-0.2, -0.15) is 0 Å². The summed E-state index contributed by atoms with van der Waals surface area (Å²) in [5.41, 5.74) is 7.15. The predicted molar refractivity (Wildman–Crippen MR) is 109 cm³/mol. The minimum atomic E-state index is -0.00806. The molecule has 26 heavy (non-hydrogen) atoms. The number of anilines is 2. The lowest BCUT2D eigenvalue weighted by atomic mass is 9.90. The molecule has 1 aromatic rings. The molecular formula is C18H29Cl2N3O3. The molecule has 2 fully saturated rings. The van der Waals surface area contributed by atoms with Gasteiger partial charge in [0, 0.05) is 30.7 Å². The number of carbonyl (C=O) groups excluding carboxylic acids is 1. The van der Waals surface area contributed by atoms with Gasteiger partial charge in [-0.25, -0.2) is 0 Å². The monoisotopic (exact) mass is 405 g/mol. The molecule has 0 unspecified atom stereocenters. The Bertz CT molecular complexity index is 589. The van der Waals surface area contributed by atoms with Gasteiger partial charge in [0.1, 0.15) is 5.75 Å². The number of rotatable bonds is 5. The summed E-state index contributed by atoms with van der Waals surface area (Å²) in [4.78, 5) is 15.1. The molecule has 0 bridgehead atoms. The SMILES string of the molecule is COc1ccc(NC(=O)CC2(N3CCOCC3)CCCC2)cc1N.Cl.Cl. The van der Waals surface area contributed by atoms with Gasteiger partial charge in [-0.3, -0.25) is 9.69 Å². The first-order valence-electron chi connectivity index (χ1n) is 8.69. The summed E-state index contributed by atoms with van der Waals surface area (Å²) in [5.74, 6) is 0.668. The zero-order valence-electron chi connectivity index (χ0n) is 15.2. The number of halogens is 2. The summed E-state index contributed by atoms with van der Waals surface area (Å²) < 4.78 is 10.6. The molecule has 1 saturated carbocycles. The topological polar surface area (TPSA) is 76.8 Å². The molecule has 0 radical (unpaired) electrons. The van der Waals surface area contributed by atoms with E-state index in [-0.39, 0.29) is 36.3 Å². The summed E-state index contributed by atoms with van der Waals surface area (Å²) in [5, 5.41) is 2.99. The van der Waals surface area contributed by atoms with Gasteiger partial charge >= 0.3 is 0 Å². The molecule has 1 aromatic carbocycles. The van der Waals surface area contributed by atoms with E-state index in [9.17, 15) is 4.79 Å². The quantitative estimate of drug-likeness (QED) is 0.735. The highest BCUT2D eigenvalue weighted by atomic mass is 35.5. The second-order valence-corrected chi connectivity index (χ2v) is 6.71. The van der Waals surface area contributed by atoms with E-state index >= 15 is 0 Å². The van der Waals surface area contributed by atoms with Crippen molar-refractivity contribution in [3.63, 3.8) is 0 Å². The van der Waals surface area contributed by atoms with E-state index in [1.807, 2.05) is 6.07 Å². The molecule has 3 rings (SSSR count). The van der Waals surface area contributed by atoms with E-state index in [2.05, 4.69) is 10.2 Å². The highest BCUT2D eigenvalue weighted by molar-refractivity contribution is 5.92. The van der Waals surface area contributed by atoms with Gasteiger partial charge in [-0.15, -0.1) is 24.8 Å². The number of carbonyl (C=O) groups is 1. The van der Waals surface area contributed by atoms with Gasteiger partial charge in [0.2, 0.25) is 5.91 Å². The van der Waals surface area contributed by atoms with Crippen molar-refractivity contribution in [2.75, 3.05) is 44.5 Å². The number of amides is 1. The zero-order chi connectivity index (χ0) is 17.0. The number of methoxy groups -OCH3 is 1. The first-order chi connectivity index (χ1) is 11.6. The molecule has 1 saturated heterocycles. The minimum Gasteiger partial charge on any atom is -0.495 e. The Morgan fingerprint density at radius 2 is 1.92 bits per heavy atom.